The molecule has 0 aromatic rings. The first kappa shape index (κ1) is 9.74. The second-order valence-electron chi connectivity index (χ2n) is 2.18. The van der Waals surface area contributed by atoms with Gasteiger partial charge in [-0.1, -0.05) is 5.16 Å². The van der Waals surface area contributed by atoms with E-state index in [1.54, 1.807) is 0 Å². The maximum Gasteiger partial charge on any atom is 0.216 e. The number of rotatable bonds is 4. The molecule has 11 heavy (non-hydrogen) atoms. The minimum Gasteiger partial charge on any atom is -0.409 e. The Bertz CT molecular complexity index is 156. The van der Waals surface area contributed by atoms with Gasteiger partial charge in [0.15, 0.2) is 0 Å². The highest BCUT2D eigenvalue weighted by Crippen LogP contribution is 1.85. The molecule has 4 N–H and O–H groups in total. The molecule has 0 aliphatic rings. The van der Waals surface area contributed by atoms with Crippen LogP contribution in [0.2, 0.25) is 0 Å². The Morgan fingerprint density at radius 2 is 2.36 bits per heavy atom. The van der Waals surface area contributed by atoms with Crippen molar-refractivity contribution in [1.82, 2.24) is 5.32 Å². The van der Waals surface area contributed by atoms with Crippen molar-refractivity contribution < 1.29 is 10.0 Å². The lowest BCUT2D eigenvalue weighted by Crippen LogP contribution is -2.22. The number of hydrogen-bond donors (Lipinski definition) is 3. The van der Waals surface area contributed by atoms with E-state index in [1.807, 2.05) is 0 Å². The summed E-state index contributed by atoms with van der Waals surface area (Å²) in [7, 11) is 0. The van der Waals surface area contributed by atoms with Crippen molar-refractivity contribution in [2.45, 2.75) is 19.8 Å². The molecule has 0 aliphatic heterocycles. The monoisotopic (exact) mass is 159 g/mol. The first-order valence-electron chi connectivity index (χ1n) is 3.37. The molecule has 0 atom stereocenters. The summed E-state index contributed by atoms with van der Waals surface area (Å²) in [5, 5.41) is 13.5. The van der Waals surface area contributed by atoms with Crippen LogP contribution in [0.25, 0.3) is 0 Å². The third-order valence-electron chi connectivity index (χ3n) is 1.11. The number of nitrogens with two attached hydrogens (primary N) is 1. The molecule has 1 amide bonds. The van der Waals surface area contributed by atoms with Crippen molar-refractivity contribution in [3.05, 3.63) is 0 Å². The minimum atomic E-state index is -0.0653. The second kappa shape index (κ2) is 5.52. The van der Waals surface area contributed by atoms with Crippen LogP contribution < -0.4 is 11.1 Å². The minimum absolute atomic E-state index is 0.0653. The number of amidine groups is 1. The highest BCUT2D eigenvalue weighted by atomic mass is 16.4. The first-order valence-corrected chi connectivity index (χ1v) is 3.37. The lowest BCUT2D eigenvalue weighted by molar-refractivity contribution is -0.118. The van der Waals surface area contributed by atoms with Crippen molar-refractivity contribution in [2.75, 3.05) is 6.54 Å². The molecule has 5 heteroatoms. The molecule has 0 saturated carbocycles. The predicted molar refractivity (Wildman–Crippen MR) is 41.3 cm³/mol. The zero-order valence-electron chi connectivity index (χ0n) is 6.50. The second-order valence-corrected chi connectivity index (χ2v) is 2.18. The lowest BCUT2D eigenvalue weighted by Gasteiger charge is -1.99. The van der Waals surface area contributed by atoms with Crippen molar-refractivity contribution in [3.8, 4) is 0 Å². The van der Waals surface area contributed by atoms with Gasteiger partial charge in [-0.05, 0) is 6.42 Å². The van der Waals surface area contributed by atoms with Gasteiger partial charge in [0.25, 0.3) is 0 Å². The van der Waals surface area contributed by atoms with E-state index in [0.717, 1.165) is 0 Å². The molecule has 0 aliphatic carbocycles. The molecule has 0 saturated heterocycles. The fourth-order valence-corrected chi connectivity index (χ4v) is 0.584. The largest absolute Gasteiger partial charge is 0.409 e. The molecule has 5 nitrogen and oxygen atoms in total. The molecule has 0 heterocycles. The molecule has 0 spiro atoms. The Morgan fingerprint density at radius 1 is 1.73 bits per heavy atom. The van der Waals surface area contributed by atoms with Gasteiger partial charge in [-0.25, -0.2) is 0 Å². The van der Waals surface area contributed by atoms with Gasteiger partial charge < -0.3 is 16.3 Å². The van der Waals surface area contributed by atoms with Crippen LogP contribution in [-0.4, -0.2) is 23.5 Å². The molecule has 0 bridgehead atoms. The predicted octanol–water partition coefficient (Wildman–Crippen LogP) is -0.351. The summed E-state index contributed by atoms with van der Waals surface area (Å²) in [6, 6.07) is 0. The first-order chi connectivity index (χ1) is 5.16. The molecule has 0 rings (SSSR count). The number of amides is 1. The summed E-state index contributed by atoms with van der Waals surface area (Å²) >= 11 is 0. The summed E-state index contributed by atoms with van der Waals surface area (Å²) in [6.07, 6.45) is 1.19. The number of oxime groups is 1. The van der Waals surface area contributed by atoms with Gasteiger partial charge in [0.1, 0.15) is 5.84 Å². The number of nitrogens with one attached hydrogen (secondary N) is 1. The van der Waals surface area contributed by atoms with E-state index < -0.39 is 0 Å². The van der Waals surface area contributed by atoms with Crippen molar-refractivity contribution in [1.29, 1.82) is 0 Å². The van der Waals surface area contributed by atoms with Crippen LogP contribution in [-0.2, 0) is 4.79 Å². The maximum atomic E-state index is 10.3. The Balaban J connectivity index is 3.21. The van der Waals surface area contributed by atoms with Gasteiger partial charge in [0.05, 0.1) is 0 Å². The van der Waals surface area contributed by atoms with Crippen LogP contribution in [0.5, 0.6) is 0 Å². The van der Waals surface area contributed by atoms with Crippen LogP contribution in [0.3, 0.4) is 0 Å². The Kier molecular flexibility index (Phi) is 4.89. The third-order valence-corrected chi connectivity index (χ3v) is 1.11. The standard InChI is InChI=1S/C6H13N3O2/c1-5(10)8-4-2-3-6(7)9-11/h11H,2-4H2,1H3,(H2,7,9)(H,8,10). The molecule has 0 radical (unpaired) electrons. The van der Waals surface area contributed by atoms with E-state index in [2.05, 4.69) is 10.5 Å². The van der Waals surface area contributed by atoms with Gasteiger partial charge in [-0.3, -0.25) is 4.79 Å². The molecule has 0 fully saturated rings. The maximum absolute atomic E-state index is 10.3. The van der Waals surface area contributed by atoms with Crippen LogP contribution in [0.15, 0.2) is 5.16 Å². The highest BCUT2D eigenvalue weighted by Gasteiger charge is 1.93. The van der Waals surface area contributed by atoms with Crippen molar-refractivity contribution >= 4 is 11.7 Å². The van der Waals surface area contributed by atoms with Crippen molar-refractivity contribution in [2.24, 2.45) is 10.9 Å². The van der Waals surface area contributed by atoms with Crippen LogP contribution in [0.1, 0.15) is 19.8 Å². The molecule has 64 valence electrons. The molecular weight excluding hydrogens is 146 g/mol. The Labute approximate surface area is 65.3 Å². The lowest BCUT2D eigenvalue weighted by atomic mass is 10.3. The smallest absolute Gasteiger partial charge is 0.216 e. The van der Waals surface area contributed by atoms with Gasteiger partial charge >= 0.3 is 0 Å². The third kappa shape index (κ3) is 6.63. The van der Waals surface area contributed by atoms with E-state index in [1.165, 1.54) is 6.92 Å². The number of carbonyl (C=O) groups is 1. The molecule has 0 unspecified atom stereocenters. The zero-order valence-corrected chi connectivity index (χ0v) is 6.50. The van der Waals surface area contributed by atoms with Gasteiger partial charge in [-0.15, -0.1) is 0 Å². The highest BCUT2D eigenvalue weighted by molar-refractivity contribution is 5.79. The van der Waals surface area contributed by atoms with Crippen LogP contribution in [0, 0.1) is 0 Å². The fraction of sp³-hybridized carbons (Fsp3) is 0.667. The zero-order chi connectivity index (χ0) is 8.69. The average Bonchev–Trinajstić information content (AvgIpc) is 1.97. The van der Waals surface area contributed by atoms with E-state index in [9.17, 15) is 4.79 Å². The normalized spacial score (nSPS) is 11.2. The summed E-state index contributed by atoms with van der Waals surface area (Å²) in [5.74, 6) is 0.125. The van der Waals surface area contributed by atoms with E-state index in [-0.39, 0.29) is 11.7 Å². The molecule has 0 aromatic carbocycles. The Morgan fingerprint density at radius 3 is 2.82 bits per heavy atom. The topological polar surface area (TPSA) is 87.7 Å². The Hall–Kier alpha value is -1.26. The summed E-state index contributed by atoms with van der Waals surface area (Å²) in [5.41, 5.74) is 5.18. The summed E-state index contributed by atoms with van der Waals surface area (Å²) < 4.78 is 0. The number of hydrogen-bond acceptors (Lipinski definition) is 3. The average molecular weight is 159 g/mol. The van der Waals surface area contributed by atoms with E-state index in [4.69, 9.17) is 10.9 Å². The fourth-order valence-electron chi connectivity index (χ4n) is 0.584. The number of carbonyl (C=O) groups excluding carboxylic acids is 1. The van der Waals surface area contributed by atoms with Gasteiger partial charge in [0.2, 0.25) is 5.91 Å². The van der Waals surface area contributed by atoms with Gasteiger partial charge in [-0.2, -0.15) is 0 Å². The number of nitrogens with zero attached hydrogens (tertiary/aromatic N) is 1. The SMILES string of the molecule is CC(=O)NCCC/C(N)=N/O. The summed E-state index contributed by atoms with van der Waals surface area (Å²) in [6.45, 7) is 2.01. The van der Waals surface area contributed by atoms with Gasteiger partial charge in [0, 0.05) is 19.9 Å². The summed E-state index contributed by atoms with van der Waals surface area (Å²) in [4.78, 5) is 10.3. The van der Waals surface area contributed by atoms with Crippen molar-refractivity contribution in [3.63, 3.8) is 0 Å². The molecule has 0 aromatic heterocycles. The van der Waals surface area contributed by atoms with E-state index >= 15 is 0 Å². The molecular formula is C6H13N3O2. The van der Waals surface area contributed by atoms with E-state index in [0.29, 0.717) is 19.4 Å². The van der Waals surface area contributed by atoms with Crippen LogP contribution in [0.4, 0.5) is 0 Å². The quantitative estimate of drug-likeness (QED) is 0.172. The van der Waals surface area contributed by atoms with Crippen LogP contribution >= 0.6 is 0 Å².